The zero-order valence-electron chi connectivity index (χ0n) is 18.9. The molecule has 3 heterocycles. The molecule has 0 unspecified atom stereocenters. The van der Waals surface area contributed by atoms with Crippen LogP contribution in [0.1, 0.15) is 27.1 Å². The molecule has 1 N–H and O–H groups in total. The van der Waals surface area contributed by atoms with Gasteiger partial charge in [0.1, 0.15) is 31.3 Å². The molecule has 29 heavy (non-hydrogen) atoms. The summed E-state index contributed by atoms with van der Waals surface area (Å²) in [5.41, 5.74) is 1.32. The quantitative estimate of drug-likeness (QED) is 0.653. The third-order valence-corrected chi connectivity index (χ3v) is 4.21. The van der Waals surface area contributed by atoms with Gasteiger partial charge in [0, 0.05) is 11.6 Å². The van der Waals surface area contributed by atoms with Gasteiger partial charge in [-0.05, 0) is 42.0 Å². The zero-order valence-corrected chi connectivity index (χ0v) is 14.9. The van der Waals surface area contributed by atoms with E-state index in [0.717, 1.165) is 11.8 Å². The summed E-state index contributed by atoms with van der Waals surface area (Å²) in [6.45, 7) is -6.55. The van der Waals surface area contributed by atoms with E-state index in [1.807, 2.05) is 0 Å². The molecule has 0 saturated heterocycles. The largest absolute Gasteiger partial charge is 0.489 e. The van der Waals surface area contributed by atoms with Gasteiger partial charge in [0.2, 0.25) is 0 Å². The number of pyridine rings is 1. The average molecular weight is 400 g/mol. The van der Waals surface area contributed by atoms with Crippen molar-refractivity contribution in [3.63, 3.8) is 0 Å². The summed E-state index contributed by atoms with van der Waals surface area (Å²) in [6.07, 6.45) is 1.14. The van der Waals surface area contributed by atoms with E-state index >= 15 is 0 Å². The average Bonchev–Trinajstić information content (AvgIpc) is 3.08. The predicted octanol–water partition coefficient (Wildman–Crippen LogP) is 2.25. The number of carbonyl (C=O) groups excluding carboxylic acids is 1. The molecule has 148 valence electrons. The number of halogens is 1. The topological polar surface area (TPSA) is 97.4 Å². The Morgan fingerprint density at radius 1 is 1.14 bits per heavy atom. The van der Waals surface area contributed by atoms with E-state index in [9.17, 15) is 14.0 Å². The normalized spacial score (nSPS) is 15.8. The molecule has 2 aromatic heterocycles. The van der Waals surface area contributed by atoms with Gasteiger partial charge < -0.3 is 9.47 Å². The van der Waals surface area contributed by atoms with Crippen LogP contribution < -0.4 is 19.9 Å². The number of hydrogen-bond acceptors (Lipinski definition) is 6. The minimum absolute atomic E-state index is 0.0506. The van der Waals surface area contributed by atoms with Gasteiger partial charge in [-0.15, -0.1) is 0 Å². The Labute approximate surface area is 170 Å². The number of benzene rings is 1. The molecule has 0 fully saturated rings. The third kappa shape index (κ3) is 4.08. The van der Waals surface area contributed by atoms with Gasteiger partial charge >= 0.3 is 0 Å². The van der Waals surface area contributed by atoms with E-state index in [0.29, 0.717) is 22.8 Å². The van der Waals surface area contributed by atoms with E-state index in [1.54, 1.807) is 18.2 Å². The molecule has 9 heteroatoms. The Hall–Kier alpha value is -3.75. The number of anilines is 1. The van der Waals surface area contributed by atoms with Crippen LogP contribution in [-0.4, -0.2) is 34.3 Å². The minimum atomic E-state index is -3.69. The van der Waals surface area contributed by atoms with Crippen LogP contribution in [0.4, 0.5) is 10.2 Å². The standard InChI is InChI=1S/C20H17FN4O4/c21-7-8-28-16-2-1-14(22-10-16)12-29-15-3-4-17-13(9-15)11-25(20(17)27)18-5-6-19(26)24-23-18/h1-6,9-10H,7-8,11-12H2,(H,24,26)/i7D2,8D2. The van der Waals surface area contributed by atoms with Crippen molar-refractivity contribution in [3.8, 4) is 11.5 Å². The van der Waals surface area contributed by atoms with E-state index in [4.69, 9.17) is 15.0 Å². The molecule has 0 saturated carbocycles. The first-order chi connectivity index (χ1) is 15.5. The lowest BCUT2D eigenvalue weighted by molar-refractivity contribution is 0.0995. The van der Waals surface area contributed by atoms with Crippen molar-refractivity contribution >= 4 is 11.7 Å². The summed E-state index contributed by atoms with van der Waals surface area (Å²) < 4.78 is 52.0. The number of rotatable bonds is 7. The number of amides is 1. The second kappa shape index (κ2) is 8.09. The number of aromatic nitrogens is 3. The monoisotopic (exact) mass is 400 g/mol. The summed E-state index contributed by atoms with van der Waals surface area (Å²) in [7, 11) is 0. The maximum atomic E-state index is 13.2. The number of nitrogens with zero attached hydrogens (tertiary/aromatic N) is 3. The van der Waals surface area contributed by atoms with Crippen LogP contribution >= 0.6 is 0 Å². The molecular weight excluding hydrogens is 379 g/mol. The molecule has 0 spiro atoms. The van der Waals surface area contributed by atoms with E-state index in [-0.39, 0.29) is 30.4 Å². The van der Waals surface area contributed by atoms with E-state index < -0.39 is 13.2 Å². The highest BCUT2D eigenvalue weighted by Gasteiger charge is 2.29. The molecule has 0 atom stereocenters. The van der Waals surface area contributed by atoms with Crippen LogP contribution in [-0.2, 0) is 13.2 Å². The highest BCUT2D eigenvalue weighted by molar-refractivity contribution is 6.09. The van der Waals surface area contributed by atoms with Gasteiger partial charge in [0.15, 0.2) is 5.82 Å². The first-order valence-electron chi connectivity index (χ1n) is 10.5. The Balaban J connectivity index is 1.40. The molecule has 3 aromatic rings. The number of nitrogens with one attached hydrogen (secondary N) is 1. The first-order valence-corrected chi connectivity index (χ1v) is 8.50. The van der Waals surface area contributed by atoms with Crippen molar-refractivity contribution in [2.45, 2.75) is 13.2 Å². The maximum absolute atomic E-state index is 13.2. The summed E-state index contributed by atoms with van der Waals surface area (Å²) in [6, 6.07) is 10.5. The zero-order chi connectivity index (χ0) is 23.8. The highest BCUT2D eigenvalue weighted by Crippen LogP contribution is 2.29. The highest BCUT2D eigenvalue weighted by atomic mass is 19.1. The summed E-state index contributed by atoms with van der Waals surface area (Å²) in [4.78, 5) is 29.3. The number of H-pyrrole nitrogens is 1. The number of aromatic amines is 1. The second-order valence-electron chi connectivity index (χ2n) is 6.06. The fourth-order valence-corrected chi connectivity index (χ4v) is 2.85. The lowest BCUT2D eigenvalue weighted by atomic mass is 10.1. The van der Waals surface area contributed by atoms with E-state index in [2.05, 4.69) is 15.2 Å². The van der Waals surface area contributed by atoms with Crippen LogP contribution in [0.3, 0.4) is 0 Å². The molecule has 8 nitrogen and oxygen atoms in total. The molecule has 0 bridgehead atoms. The van der Waals surface area contributed by atoms with Crippen molar-refractivity contribution < 1.29 is 24.1 Å². The number of alkyl halides is 1. The molecule has 4 rings (SSSR count). The van der Waals surface area contributed by atoms with Crippen LogP contribution in [0, 0.1) is 0 Å². The second-order valence-corrected chi connectivity index (χ2v) is 6.06. The van der Waals surface area contributed by atoms with Gasteiger partial charge in [0.25, 0.3) is 11.5 Å². The van der Waals surface area contributed by atoms with E-state index in [1.165, 1.54) is 29.2 Å². The van der Waals surface area contributed by atoms with Crippen molar-refractivity contribution in [2.24, 2.45) is 0 Å². The SMILES string of the molecule is [2H]C([2H])(F)C([2H])([2H])Oc1ccc(COc2ccc3c(c2)CN(c2ccc(=O)[nH]n2)C3=O)nc1. The first kappa shape index (κ1) is 14.3. The lowest BCUT2D eigenvalue weighted by Crippen LogP contribution is -2.25. The Morgan fingerprint density at radius 2 is 2.00 bits per heavy atom. The van der Waals surface area contributed by atoms with Crippen LogP contribution in [0.2, 0.25) is 0 Å². The van der Waals surface area contributed by atoms with Crippen LogP contribution in [0.25, 0.3) is 0 Å². The Kier molecular flexibility index (Phi) is 3.98. The molecule has 0 radical (unpaired) electrons. The Morgan fingerprint density at radius 3 is 2.72 bits per heavy atom. The molecule has 1 aliphatic rings. The number of fused-ring (bicyclic) bond motifs is 1. The molecular formula is C20H17FN4O4. The summed E-state index contributed by atoms with van der Waals surface area (Å²) >= 11 is 0. The predicted molar refractivity (Wildman–Crippen MR) is 102 cm³/mol. The van der Waals surface area contributed by atoms with Gasteiger partial charge in [-0.3, -0.25) is 19.5 Å². The maximum Gasteiger partial charge on any atom is 0.264 e. The minimum Gasteiger partial charge on any atom is -0.489 e. The molecule has 1 aliphatic heterocycles. The van der Waals surface area contributed by atoms with Crippen molar-refractivity contribution in [1.29, 1.82) is 0 Å². The number of carbonyl (C=O) groups is 1. The molecule has 1 amide bonds. The summed E-state index contributed by atoms with van der Waals surface area (Å²) in [5.74, 6) is 0.431. The lowest BCUT2D eigenvalue weighted by Gasteiger charge is -2.12. The number of hydrogen-bond donors (Lipinski definition) is 1. The van der Waals surface area contributed by atoms with Crippen LogP contribution in [0.15, 0.2) is 53.5 Å². The summed E-state index contributed by atoms with van der Waals surface area (Å²) in [5, 5.41) is 6.19. The van der Waals surface area contributed by atoms with Crippen molar-refractivity contribution in [2.75, 3.05) is 18.1 Å². The van der Waals surface area contributed by atoms with Gasteiger partial charge in [0.05, 0.1) is 23.9 Å². The van der Waals surface area contributed by atoms with Crippen LogP contribution in [0.5, 0.6) is 11.5 Å². The molecule has 1 aromatic carbocycles. The molecule has 0 aliphatic carbocycles. The van der Waals surface area contributed by atoms with Gasteiger partial charge in [-0.2, -0.15) is 5.10 Å². The van der Waals surface area contributed by atoms with Crippen molar-refractivity contribution in [1.82, 2.24) is 15.2 Å². The fourth-order valence-electron chi connectivity index (χ4n) is 2.85. The van der Waals surface area contributed by atoms with Gasteiger partial charge in [-0.1, -0.05) is 0 Å². The van der Waals surface area contributed by atoms with Crippen molar-refractivity contribution in [3.05, 3.63) is 75.8 Å². The fraction of sp³-hybridized carbons (Fsp3) is 0.200. The Bertz CT molecular complexity index is 1230. The smallest absolute Gasteiger partial charge is 0.264 e. The number of ether oxygens (including phenoxy) is 2. The van der Waals surface area contributed by atoms with Gasteiger partial charge in [-0.25, -0.2) is 9.49 Å². The third-order valence-electron chi connectivity index (χ3n) is 4.21.